The number of carbonyl (C=O) groups excluding carboxylic acids is 1. The molecule has 1 amide bonds. The first kappa shape index (κ1) is 13.2. The van der Waals surface area contributed by atoms with Gasteiger partial charge in [-0.05, 0) is 36.4 Å². The van der Waals surface area contributed by atoms with Crippen molar-refractivity contribution in [3.05, 3.63) is 52.2 Å². The Kier molecular flexibility index (Phi) is 4.02. The van der Waals surface area contributed by atoms with E-state index in [1.165, 1.54) is 17.7 Å². The van der Waals surface area contributed by atoms with Crippen LogP contribution in [0.25, 0.3) is 0 Å². The maximum absolute atomic E-state index is 12.4. The molecule has 1 fully saturated rings. The van der Waals surface area contributed by atoms with Crippen molar-refractivity contribution in [1.82, 2.24) is 5.32 Å². The zero-order valence-corrected chi connectivity index (χ0v) is 12.2. The van der Waals surface area contributed by atoms with Gasteiger partial charge in [0, 0.05) is 23.7 Å². The lowest BCUT2D eigenvalue weighted by atomic mass is 10.1. The predicted octanol–water partition coefficient (Wildman–Crippen LogP) is 3.28. The van der Waals surface area contributed by atoms with Crippen LogP contribution < -0.4 is 10.2 Å². The molecule has 0 radical (unpaired) electrons. The molecule has 1 saturated heterocycles. The number of benzene rings is 1. The highest BCUT2D eigenvalue weighted by Crippen LogP contribution is 2.24. The highest BCUT2D eigenvalue weighted by atomic mass is 32.1. The molecule has 4 heteroatoms. The minimum atomic E-state index is 0.0147. The molecule has 1 aromatic heterocycles. The number of nitrogens with zero attached hydrogens (tertiary/aromatic N) is 1. The van der Waals surface area contributed by atoms with Gasteiger partial charge in [-0.1, -0.05) is 18.2 Å². The molecule has 0 spiro atoms. The molecule has 20 heavy (non-hydrogen) atoms. The van der Waals surface area contributed by atoms with E-state index in [-0.39, 0.29) is 5.91 Å². The summed E-state index contributed by atoms with van der Waals surface area (Å²) in [6.45, 7) is 2.70. The largest absolute Gasteiger partial charge is 0.371 e. The summed E-state index contributed by atoms with van der Waals surface area (Å²) in [5, 5.41) is 5.04. The van der Waals surface area contributed by atoms with E-state index in [4.69, 9.17) is 0 Å². The van der Waals surface area contributed by atoms with Gasteiger partial charge in [-0.15, -0.1) is 11.3 Å². The molecule has 0 bridgehead atoms. The molecule has 2 heterocycles. The monoisotopic (exact) mass is 286 g/mol. The zero-order chi connectivity index (χ0) is 13.8. The second-order valence-electron chi connectivity index (χ2n) is 4.97. The molecule has 0 aliphatic carbocycles. The molecule has 0 unspecified atom stereocenters. The number of para-hydroxylation sites is 1. The summed E-state index contributed by atoms with van der Waals surface area (Å²) in [7, 11) is 0. The average Bonchev–Trinajstić information content (AvgIpc) is 3.18. The molecule has 104 valence electrons. The SMILES string of the molecule is O=C(NCc1cccs1)c1ccccc1N1CCCC1. The number of thiophene rings is 1. The van der Waals surface area contributed by atoms with Gasteiger partial charge in [0.1, 0.15) is 0 Å². The fourth-order valence-corrected chi connectivity index (χ4v) is 3.22. The molecular formula is C16H18N2OS. The quantitative estimate of drug-likeness (QED) is 0.935. The number of amides is 1. The maximum Gasteiger partial charge on any atom is 0.253 e. The van der Waals surface area contributed by atoms with Gasteiger partial charge in [0.05, 0.1) is 12.1 Å². The summed E-state index contributed by atoms with van der Waals surface area (Å²) in [6, 6.07) is 11.9. The third kappa shape index (κ3) is 2.85. The lowest BCUT2D eigenvalue weighted by Gasteiger charge is -2.20. The van der Waals surface area contributed by atoms with Crippen LogP contribution in [0.1, 0.15) is 28.1 Å². The predicted molar refractivity (Wildman–Crippen MR) is 83.4 cm³/mol. The van der Waals surface area contributed by atoms with Gasteiger partial charge < -0.3 is 10.2 Å². The third-order valence-corrected chi connectivity index (χ3v) is 4.48. The minimum Gasteiger partial charge on any atom is -0.371 e. The summed E-state index contributed by atoms with van der Waals surface area (Å²) in [5.41, 5.74) is 1.85. The van der Waals surface area contributed by atoms with Crippen molar-refractivity contribution in [3.8, 4) is 0 Å². The fraction of sp³-hybridized carbons (Fsp3) is 0.312. The molecular weight excluding hydrogens is 268 g/mol. The van der Waals surface area contributed by atoms with Crippen LogP contribution in [-0.4, -0.2) is 19.0 Å². The van der Waals surface area contributed by atoms with Crippen LogP contribution in [0.5, 0.6) is 0 Å². The topological polar surface area (TPSA) is 32.3 Å². The van der Waals surface area contributed by atoms with Crippen molar-refractivity contribution < 1.29 is 4.79 Å². The van der Waals surface area contributed by atoms with E-state index in [9.17, 15) is 4.79 Å². The number of anilines is 1. The van der Waals surface area contributed by atoms with Crippen molar-refractivity contribution in [2.45, 2.75) is 19.4 Å². The lowest BCUT2D eigenvalue weighted by molar-refractivity contribution is 0.0952. The maximum atomic E-state index is 12.4. The van der Waals surface area contributed by atoms with Gasteiger partial charge in [-0.2, -0.15) is 0 Å². The van der Waals surface area contributed by atoms with E-state index >= 15 is 0 Å². The normalized spacial score (nSPS) is 14.5. The van der Waals surface area contributed by atoms with Crippen LogP contribution >= 0.6 is 11.3 Å². The molecule has 1 aromatic carbocycles. The van der Waals surface area contributed by atoms with E-state index in [1.54, 1.807) is 11.3 Å². The number of carbonyl (C=O) groups is 1. The summed E-state index contributed by atoms with van der Waals surface area (Å²) >= 11 is 1.66. The Morgan fingerprint density at radius 1 is 1.15 bits per heavy atom. The first-order valence-corrected chi connectivity index (χ1v) is 7.87. The smallest absolute Gasteiger partial charge is 0.253 e. The van der Waals surface area contributed by atoms with Crippen LogP contribution in [0.15, 0.2) is 41.8 Å². The van der Waals surface area contributed by atoms with Crippen molar-refractivity contribution >= 4 is 22.9 Å². The minimum absolute atomic E-state index is 0.0147. The Labute approximate surface area is 123 Å². The van der Waals surface area contributed by atoms with Gasteiger partial charge in [0.15, 0.2) is 0 Å². The summed E-state index contributed by atoms with van der Waals surface area (Å²) in [4.78, 5) is 15.9. The number of nitrogens with one attached hydrogen (secondary N) is 1. The standard InChI is InChI=1S/C16H18N2OS/c19-16(17-12-13-6-5-11-20-13)14-7-1-2-8-15(14)18-9-3-4-10-18/h1-2,5-8,11H,3-4,9-10,12H2,(H,17,19). The van der Waals surface area contributed by atoms with Crippen LogP contribution in [-0.2, 0) is 6.54 Å². The first-order valence-electron chi connectivity index (χ1n) is 6.99. The van der Waals surface area contributed by atoms with Crippen LogP contribution in [0.2, 0.25) is 0 Å². The third-order valence-electron chi connectivity index (χ3n) is 3.60. The van der Waals surface area contributed by atoms with Crippen molar-refractivity contribution in [2.75, 3.05) is 18.0 Å². The summed E-state index contributed by atoms with van der Waals surface area (Å²) in [6.07, 6.45) is 2.43. The number of rotatable bonds is 4. The first-order chi connectivity index (χ1) is 9.84. The van der Waals surface area contributed by atoms with Crippen LogP contribution in [0.3, 0.4) is 0 Å². The zero-order valence-electron chi connectivity index (χ0n) is 11.3. The van der Waals surface area contributed by atoms with E-state index in [0.717, 1.165) is 24.3 Å². The second kappa shape index (κ2) is 6.09. The Morgan fingerprint density at radius 3 is 2.70 bits per heavy atom. The molecule has 0 saturated carbocycles. The van der Waals surface area contributed by atoms with E-state index in [2.05, 4.69) is 10.2 Å². The van der Waals surface area contributed by atoms with Gasteiger partial charge in [-0.3, -0.25) is 4.79 Å². The molecule has 3 rings (SSSR count). The number of hydrogen-bond acceptors (Lipinski definition) is 3. The average molecular weight is 286 g/mol. The van der Waals surface area contributed by atoms with Crippen molar-refractivity contribution in [3.63, 3.8) is 0 Å². The van der Waals surface area contributed by atoms with E-state index in [1.807, 2.05) is 41.8 Å². The fourth-order valence-electron chi connectivity index (χ4n) is 2.58. The Hall–Kier alpha value is -1.81. The highest BCUT2D eigenvalue weighted by molar-refractivity contribution is 7.09. The van der Waals surface area contributed by atoms with Crippen molar-refractivity contribution in [1.29, 1.82) is 0 Å². The summed E-state index contributed by atoms with van der Waals surface area (Å²) in [5.74, 6) is 0.0147. The second-order valence-corrected chi connectivity index (χ2v) is 6.01. The van der Waals surface area contributed by atoms with Crippen LogP contribution in [0.4, 0.5) is 5.69 Å². The highest BCUT2D eigenvalue weighted by Gasteiger charge is 2.18. The van der Waals surface area contributed by atoms with E-state index in [0.29, 0.717) is 6.54 Å². The van der Waals surface area contributed by atoms with Gasteiger partial charge in [0.2, 0.25) is 0 Å². The molecule has 2 aromatic rings. The van der Waals surface area contributed by atoms with Gasteiger partial charge in [-0.25, -0.2) is 0 Å². The Balaban J connectivity index is 1.73. The number of hydrogen-bond donors (Lipinski definition) is 1. The van der Waals surface area contributed by atoms with Crippen molar-refractivity contribution in [2.24, 2.45) is 0 Å². The Morgan fingerprint density at radius 2 is 1.95 bits per heavy atom. The molecule has 3 nitrogen and oxygen atoms in total. The molecule has 1 N–H and O–H groups in total. The Bertz CT molecular complexity index is 574. The van der Waals surface area contributed by atoms with Gasteiger partial charge in [0.25, 0.3) is 5.91 Å². The summed E-state index contributed by atoms with van der Waals surface area (Å²) < 4.78 is 0. The van der Waals surface area contributed by atoms with E-state index < -0.39 is 0 Å². The molecule has 1 aliphatic rings. The van der Waals surface area contributed by atoms with Crippen LogP contribution in [0, 0.1) is 0 Å². The molecule has 0 atom stereocenters. The molecule has 1 aliphatic heterocycles. The lowest BCUT2D eigenvalue weighted by Crippen LogP contribution is -2.26. The van der Waals surface area contributed by atoms with Gasteiger partial charge >= 0.3 is 0 Å².